The third kappa shape index (κ3) is 3.83. The molecule has 1 aliphatic rings. The summed E-state index contributed by atoms with van der Waals surface area (Å²) in [6, 6.07) is 7.79. The van der Waals surface area contributed by atoms with E-state index in [1.54, 1.807) is 18.7 Å². The second-order valence-corrected chi connectivity index (χ2v) is 6.85. The minimum atomic E-state index is -0.559. The van der Waals surface area contributed by atoms with Crippen LogP contribution < -0.4 is 4.74 Å². The van der Waals surface area contributed by atoms with Crippen LogP contribution in [0.25, 0.3) is 0 Å². The van der Waals surface area contributed by atoms with Crippen LogP contribution in [-0.2, 0) is 4.79 Å². The van der Waals surface area contributed by atoms with Gasteiger partial charge in [-0.2, -0.15) is 4.98 Å². The van der Waals surface area contributed by atoms with Crippen molar-refractivity contribution < 1.29 is 14.1 Å². The second-order valence-electron chi connectivity index (χ2n) is 6.85. The molecule has 0 N–H and O–H groups in total. The summed E-state index contributed by atoms with van der Waals surface area (Å²) in [6.07, 6.45) is 1.22. The van der Waals surface area contributed by atoms with Crippen LogP contribution >= 0.6 is 0 Å². The molecule has 0 saturated carbocycles. The molecule has 1 aromatic carbocycles. The number of carbonyl (C=O) groups excluding carboxylic acids is 1. The molecule has 0 radical (unpaired) electrons. The van der Waals surface area contributed by atoms with Gasteiger partial charge in [0, 0.05) is 13.5 Å². The van der Waals surface area contributed by atoms with Crippen LogP contribution in [0.5, 0.6) is 5.75 Å². The monoisotopic (exact) mass is 343 g/mol. The highest BCUT2D eigenvalue weighted by Gasteiger charge is 2.35. The van der Waals surface area contributed by atoms with Gasteiger partial charge in [-0.05, 0) is 43.4 Å². The third-order valence-corrected chi connectivity index (χ3v) is 4.56. The summed E-state index contributed by atoms with van der Waals surface area (Å²) in [5.41, 5.74) is 1.19. The molecule has 2 heterocycles. The zero-order valence-corrected chi connectivity index (χ0v) is 15.2. The lowest BCUT2D eigenvalue weighted by Gasteiger charge is -2.26. The summed E-state index contributed by atoms with van der Waals surface area (Å²) >= 11 is 0. The quantitative estimate of drug-likeness (QED) is 0.829. The van der Waals surface area contributed by atoms with E-state index in [1.807, 2.05) is 18.2 Å². The van der Waals surface area contributed by atoms with Crippen molar-refractivity contribution in [1.82, 2.24) is 15.0 Å². The SMILES string of the molecule is Cc1nc([C@@H]2CCCN2C(=O)[C@H](C)Oc2cccc(C(C)C)c2)no1. The number of hydrogen-bond acceptors (Lipinski definition) is 5. The Kier molecular flexibility index (Phi) is 5.06. The number of likely N-dealkylation sites (tertiary alicyclic amines) is 1. The molecule has 134 valence electrons. The lowest BCUT2D eigenvalue weighted by atomic mass is 10.0. The molecule has 0 aliphatic carbocycles. The molecule has 2 aromatic rings. The van der Waals surface area contributed by atoms with E-state index in [1.165, 1.54) is 5.56 Å². The van der Waals surface area contributed by atoms with Gasteiger partial charge in [-0.3, -0.25) is 4.79 Å². The van der Waals surface area contributed by atoms with E-state index in [9.17, 15) is 4.79 Å². The molecule has 0 bridgehead atoms. The number of benzene rings is 1. The van der Waals surface area contributed by atoms with Crippen molar-refractivity contribution in [2.75, 3.05) is 6.54 Å². The van der Waals surface area contributed by atoms with E-state index in [4.69, 9.17) is 9.26 Å². The van der Waals surface area contributed by atoms with E-state index in [0.29, 0.717) is 24.2 Å². The molecule has 1 fully saturated rings. The highest BCUT2D eigenvalue weighted by atomic mass is 16.5. The van der Waals surface area contributed by atoms with Crippen molar-refractivity contribution in [3.05, 3.63) is 41.5 Å². The predicted molar refractivity (Wildman–Crippen MR) is 93.3 cm³/mol. The summed E-state index contributed by atoms with van der Waals surface area (Å²) < 4.78 is 11.0. The Hall–Kier alpha value is -2.37. The fraction of sp³-hybridized carbons (Fsp3) is 0.526. The molecule has 0 unspecified atom stereocenters. The minimum Gasteiger partial charge on any atom is -0.481 e. The third-order valence-electron chi connectivity index (χ3n) is 4.56. The molecule has 6 nitrogen and oxygen atoms in total. The first kappa shape index (κ1) is 17.5. The van der Waals surface area contributed by atoms with Gasteiger partial charge in [0.25, 0.3) is 5.91 Å². The van der Waals surface area contributed by atoms with Crippen molar-refractivity contribution in [1.29, 1.82) is 0 Å². The molecule has 1 amide bonds. The first-order chi connectivity index (χ1) is 12.0. The van der Waals surface area contributed by atoms with Gasteiger partial charge >= 0.3 is 0 Å². The Morgan fingerprint density at radius 2 is 2.16 bits per heavy atom. The van der Waals surface area contributed by atoms with Gasteiger partial charge in [0.2, 0.25) is 5.89 Å². The average molecular weight is 343 g/mol. The Balaban J connectivity index is 1.70. The number of nitrogens with zero attached hydrogens (tertiary/aromatic N) is 3. The predicted octanol–water partition coefficient (Wildman–Crippen LogP) is 3.63. The first-order valence-electron chi connectivity index (χ1n) is 8.83. The summed E-state index contributed by atoms with van der Waals surface area (Å²) in [6.45, 7) is 8.51. The zero-order valence-electron chi connectivity index (χ0n) is 15.2. The Morgan fingerprint density at radius 1 is 1.36 bits per heavy atom. The van der Waals surface area contributed by atoms with Crippen molar-refractivity contribution >= 4 is 5.91 Å². The Bertz CT molecular complexity index is 741. The number of ether oxygens (including phenoxy) is 1. The largest absolute Gasteiger partial charge is 0.481 e. The maximum atomic E-state index is 12.9. The maximum Gasteiger partial charge on any atom is 0.263 e. The lowest BCUT2D eigenvalue weighted by molar-refractivity contribution is -0.139. The smallest absolute Gasteiger partial charge is 0.263 e. The van der Waals surface area contributed by atoms with Gasteiger partial charge < -0.3 is 14.2 Å². The number of amides is 1. The van der Waals surface area contributed by atoms with Crippen molar-refractivity contribution in [2.24, 2.45) is 0 Å². The van der Waals surface area contributed by atoms with Crippen molar-refractivity contribution in [3.63, 3.8) is 0 Å². The standard InChI is InChI=1S/C19H25N3O3/c1-12(2)15-7-5-8-16(11-15)24-13(3)19(23)22-10-6-9-17(22)18-20-14(4)25-21-18/h5,7-8,11-13,17H,6,9-10H2,1-4H3/t13-,17-/m0/s1. The number of carbonyl (C=O) groups is 1. The van der Waals surface area contributed by atoms with Crippen LogP contribution in [0.3, 0.4) is 0 Å². The first-order valence-corrected chi connectivity index (χ1v) is 8.83. The number of hydrogen-bond donors (Lipinski definition) is 0. The van der Waals surface area contributed by atoms with Gasteiger partial charge in [0.1, 0.15) is 5.75 Å². The van der Waals surface area contributed by atoms with Gasteiger partial charge in [-0.1, -0.05) is 31.1 Å². The topological polar surface area (TPSA) is 68.5 Å². The summed E-state index contributed by atoms with van der Waals surface area (Å²) in [5, 5.41) is 3.98. The molecule has 6 heteroatoms. The highest BCUT2D eigenvalue weighted by Crippen LogP contribution is 2.31. The van der Waals surface area contributed by atoms with Crippen LogP contribution in [0.4, 0.5) is 0 Å². The van der Waals surface area contributed by atoms with E-state index < -0.39 is 6.10 Å². The molecule has 1 aromatic heterocycles. The number of rotatable bonds is 5. The van der Waals surface area contributed by atoms with E-state index in [2.05, 4.69) is 30.1 Å². The number of aryl methyl sites for hydroxylation is 1. The molecule has 25 heavy (non-hydrogen) atoms. The van der Waals surface area contributed by atoms with Crippen molar-refractivity contribution in [3.8, 4) is 5.75 Å². The summed E-state index contributed by atoms with van der Waals surface area (Å²) in [4.78, 5) is 19.0. The van der Waals surface area contributed by atoms with Crippen LogP contribution in [0.1, 0.15) is 62.9 Å². The zero-order chi connectivity index (χ0) is 18.0. The molecule has 0 spiro atoms. The minimum absolute atomic E-state index is 0.0418. The van der Waals surface area contributed by atoms with Gasteiger partial charge in [-0.25, -0.2) is 0 Å². The molecule has 3 rings (SSSR count). The normalized spacial score (nSPS) is 18.6. The fourth-order valence-corrected chi connectivity index (χ4v) is 3.18. The van der Waals surface area contributed by atoms with Gasteiger partial charge in [-0.15, -0.1) is 0 Å². The average Bonchev–Trinajstić information content (AvgIpc) is 3.22. The van der Waals surface area contributed by atoms with Crippen LogP contribution in [-0.4, -0.2) is 33.6 Å². The van der Waals surface area contributed by atoms with Crippen molar-refractivity contribution in [2.45, 2.75) is 58.6 Å². The summed E-state index contributed by atoms with van der Waals surface area (Å²) in [5.74, 6) is 2.19. The highest BCUT2D eigenvalue weighted by molar-refractivity contribution is 5.81. The molecular formula is C19H25N3O3. The molecule has 1 saturated heterocycles. The van der Waals surface area contributed by atoms with E-state index in [0.717, 1.165) is 18.6 Å². The Labute approximate surface area is 148 Å². The second kappa shape index (κ2) is 7.25. The number of aromatic nitrogens is 2. The molecular weight excluding hydrogens is 318 g/mol. The lowest BCUT2D eigenvalue weighted by Crippen LogP contribution is -2.40. The van der Waals surface area contributed by atoms with Gasteiger partial charge in [0.15, 0.2) is 11.9 Å². The fourth-order valence-electron chi connectivity index (χ4n) is 3.18. The Morgan fingerprint density at radius 3 is 2.84 bits per heavy atom. The van der Waals surface area contributed by atoms with Gasteiger partial charge in [0.05, 0.1) is 6.04 Å². The molecule has 2 atom stereocenters. The van der Waals surface area contributed by atoms with Crippen LogP contribution in [0.2, 0.25) is 0 Å². The van der Waals surface area contributed by atoms with E-state index >= 15 is 0 Å². The van der Waals surface area contributed by atoms with Crippen LogP contribution in [0.15, 0.2) is 28.8 Å². The summed E-state index contributed by atoms with van der Waals surface area (Å²) in [7, 11) is 0. The van der Waals surface area contributed by atoms with E-state index in [-0.39, 0.29) is 11.9 Å². The van der Waals surface area contributed by atoms with Crippen LogP contribution in [0, 0.1) is 6.92 Å². The molecule has 1 aliphatic heterocycles. The maximum absolute atomic E-state index is 12.9.